The lowest BCUT2D eigenvalue weighted by atomic mass is 9.94. The molecule has 1 aliphatic heterocycles. The van der Waals surface area contributed by atoms with Crippen LogP contribution < -0.4 is 4.31 Å². The number of hydrogen-bond donors (Lipinski definition) is 0. The number of rotatable bonds is 5. The number of nitrogens with zero attached hydrogens (tertiary/aromatic N) is 1. The van der Waals surface area contributed by atoms with E-state index in [1.165, 1.54) is 22.5 Å². The lowest BCUT2D eigenvalue weighted by Crippen LogP contribution is -2.44. The largest absolute Gasteiger partial charge is 0.264 e. The molecule has 3 aromatic rings. The van der Waals surface area contributed by atoms with Crippen LogP contribution >= 0.6 is 11.6 Å². The summed E-state index contributed by atoms with van der Waals surface area (Å²) >= 11 is 5.89. The van der Waals surface area contributed by atoms with Crippen LogP contribution in [0.2, 0.25) is 5.02 Å². The van der Waals surface area contributed by atoms with E-state index in [4.69, 9.17) is 11.6 Å². The highest BCUT2D eigenvalue weighted by atomic mass is 35.5. The maximum absolute atomic E-state index is 14.1. The molecule has 1 atom stereocenters. The minimum absolute atomic E-state index is 0.0395. The first-order chi connectivity index (χ1) is 14.8. The quantitative estimate of drug-likeness (QED) is 0.462. The normalized spacial score (nSPS) is 16.3. The summed E-state index contributed by atoms with van der Waals surface area (Å²) in [7, 11) is -3.90. The van der Waals surface area contributed by atoms with Gasteiger partial charge in [0.1, 0.15) is 11.6 Å². The topological polar surface area (TPSA) is 37.4 Å². The van der Waals surface area contributed by atoms with Crippen LogP contribution in [0.15, 0.2) is 65.6 Å². The molecule has 0 aromatic heterocycles. The van der Waals surface area contributed by atoms with Crippen molar-refractivity contribution in [2.45, 2.75) is 43.5 Å². The molecule has 1 unspecified atom stereocenters. The monoisotopic (exact) mass is 461 g/mol. The number of hydrogen-bond acceptors (Lipinski definition) is 2. The van der Waals surface area contributed by atoms with Gasteiger partial charge in [-0.15, -0.1) is 0 Å². The minimum Gasteiger partial charge on any atom is -0.263 e. The Hall–Kier alpha value is -2.44. The first-order valence-corrected chi connectivity index (χ1v) is 11.9. The molecular formula is C24H22ClF2NO2S. The zero-order valence-corrected chi connectivity index (χ0v) is 18.6. The SMILES string of the molecule is Cc1ccc(S(=O)(=O)N2c3cc(F)ccc3CCC2CCc2ccc(F)c(Cl)c2)cc1. The van der Waals surface area contributed by atoms with E-state index in [-0.39, 0.29) is 16.0 Å². The van der Waals surface area contributed by atoms with Gasteiger partial charge in [-0.25, -0.2) is 17.2 Å². The number of fused-ring (bicyclic) bond motifs is 1. The summed E-state index contributed by atoms with van der Waals surface area (Å²) < 4.78 is 56.2. The van der Waals surface area contributed by atoms with Crippen LogP contribution in [0.4, 0.5) is 14.5 Å². The van der Waals surface area contributed by atoms with E-state index in [9.17, 15) is 17.2 Å². The van der Waals surface area contributed by atoms with Gasteiger partial charge in [0.25, 0.3) is 10.0 Å². The van der Waals surface area contributed by atoms with Gasteiger partial charge < -0.3 is 0 Å². The molecule has 0 amide bonds. The fourth-order valence-corrected chi connectivity index (χ4v) is 5.97. The molecule has 162 valence electrons. The Bertz CT molecular complexity index is 1210. The second kappa shape index (κ2) is 8.60. The fourth-order valence-electron chi connectivity index (χ4n) is 4.03. The van der Waals surface area contributed by atoms with Crippen molar-refractivity contribution in [3.05, 3.63) is 94.0 Å². The molecular weight excluding hydrogens is 440 g/mol. The van der Waals surface area contributed by atoms with E-state index in [0.29, 0.717) is 31.4 Å². The van der Waals surface area contributed by atoms with E-state index >= 15 is 0 Å². The number of sulfonamides is 1. The van der Waals surface area contributed by atoms with Crippen molar-refractivity contribution < 1.29 is 17.2 Å². The number of halogens is 3. The van der Waals surface area contributed by atoms with Crippen molar-refractivity contribution in [3.8, 4) is 0 Å². The summed E-state index contributed by atoms with van der Waals surface area (Å²) in [6.07, 6.45) is 2.29. The first-order valence-electron chi connectivity index (χ1n) is 10.1. The van der Waals surface area contributed by atoms with Gasteiger partial charge in [0, 0.05) is 6.04 Å². The van der Waals surface area contributed by atoms with Gasteiger partial charge in [0.2, 0.25) is 0 Å². The zero-order valence-electron chi connectivity index (χ0n) is 17.0. The molecule has 7 heteroatoms. The average Bonchev–Trinajstić information content (AvgIpc) is 2.74. The minimum atomic E-state index is -3.90. The van der Waals surface area contributed by atoms with Crippen LogP contribution in [-0.2, 0) is 22.9 Å². The maximum atomic E-state index is 14.1. The van der Waals surface area contributed by atoms with E-state index in [2.05, 4.69) is 0 Å². The highest BCUT2D eigenvalue weighted by Gasteiger charge is 2.36. The molecule has 31 heavy (non-hydrogen) atoms. The first kappa shape index (κ1) is 21.8. The number of anilines is 1. The maximum Gasteiger partial charge on any atom is 0.264 e. The number of aryl methyl sites for hydroxylation is 3. The smallest absolute Gasteiger partial charge is 0.263 e. The van der Waals surface area contributed by atoms with E-state index < -0.39 is 21.7 Å². The molecule has 1 heterocycles. The highest BCUT2D eigenvalue weighted by molar-refractivity contribution is 7.92. The van der Waals surface area contributed by atoms with Gasteiger partial charge in [0.05, 0.1) is 15.6 Å². The van der Waals surface area contributed by atoms with Crippen LogP contribution in [-0.4, -0.2) is 14.5 Å². The molecule has 1 aliphatic rings. The van der Waals surface area contributed by atoms with Crippen molar-refractivity contribution in [1.82, 2.24) is 0 Å². The Kier molecular flexibility index (Phi) is 6.04. The second-order valence-corrected chi connectivity index (χ2v) is 10.1. The fraction of sp³-hybridized carbons (Fsp3) is 0.250. The van der Waals surface area contributed by atoms with Gasteiger partial charge in [-0.3, -0.25) is 4.31 Å². The van der Waals surface area contributed by atoms with E-state index in [0.717, 1.165) is 16.7 Å². The molecule has 0 saturated heterocycles. The zero-order chi connectivity index (χ0) is 22.2. The lowest BCUT2D eigenvalue weighted by Gasteiger charge is -2.38. The van der Waals surface area contributed by atoms with Crippen molar-refractivity contribution in [2.75, 3.05) is 4.31 Å². The predicted molar refractivity (Wildman–Crippen MR) is 119 cm³/mol. The van der Waals surface area contributed by atoms with Crippen LogP contribution in [0.1, 0.15) is 29.5 Å². The van der Waals surface area contributed by atoms with Gasteiger partial charge in [-0.2, -0.15) is 0 Å². The number of benzene rings is 3. The highest BCUT2D eigenvalue weighted by Crippen LogP contribution is 2.37. The standard InChI is InChI=1S/C24H22ClF2NO2S/c1-16-2-11-21(12-3-16)31(29,30)28-20(9-4-17-5-13-23(27)22(25)14-17)10-7-18-6-8-19(26)15-24(18)28/h2-3,5-6,8,11-15,20H,4,7,9-10H2,1H3. The molecule has 0 aliphatic carbocycles. The summed E-state index contributed by atoms with van der Waals surface area (Å²) in [5.41, 5.74) is 2.96. The third-order valence-electron chi connectivity index (χ3n) is 5.69. The lowest BCUT2D eigenvalue weighted by molar-refractivity contribution is 0.521. The average molecular weight is 462 g/mol. The molecule has 3 nitrogen and oxygen atoms in total. The van der Waals surface area contributed by atoms with Gasteiger partial charge in [-0.1, -0.05) is 41.4 Å². The van der Waals surface area contributed by atoms with Crippen molar-refractivity contribution in [2.24, 2.45) is 0 Å². The Morgan fingerprint density at radius 2 is 1.77 bits per heavy atom. The summed E-state index contributed by atoms with van der Waals surface area (Å²) in [5.74, 6) is -0.968. The third-order valence-corrected chi connectivity index (χ3v) is 7.86. The van der Waals surface area contributed by atoms with Crippen LogP contribution in [0, 0.1) is 18.6 Å². The van der Waals surface area contributed by atoms with Crippen molar-refractivity contribution >= 4 is 27.3 Å². The van der Waals surface area contributed by atoms with Crippen LogP contribution in [0.5, 0.6) is 0 Å². The van der Waals surface area contributed by atoms with Crippen LogP contribution in [0.25, 0.3) is 0 Å². The third kappa shape index (κ3) is 4.46. The summed E-state index contributed by atoms with van der Waals surface area (Å²) in [5, 5.41) is 0.0395. The molecule has 4 rings (SSSR count). The van der Waals surface area contributed by atoms with Gasteiger partial charge in [0.15, 0.2) is 0 Å². The van der Waals surface area contributed by atoms with Crippen molar-refractivity contribution in [3.63, 3.8) is 0 Å². The molecule has 0 fully saturated rings. The van der Waals surface area contributed by atoms with E-state index in [1.807, 2.05) is 6.92 Å². The molecule has 0 bridgehead atoms. The Balaban J connectivity index is 1.71. The Labute approximate surface area is 186 Å². The Morgan fingerprint density at radius 1 is 1.03 bits per heavy atom. The Morgan fingerprint density at radius 3 is 2.48 bits per heavy atom. The van der Waals surface area contributed by atoms with Gasteiger partial charge in [-0.05, 0) is 80.1 Å². The van der Waals surface area contributed by atoms with Crippen LogP contribution in [0.3, 0.4) is 0 Å². The van der Waals surface area contributed by atoms with Crippen molar-refractivity contribution in [1.29, 1.82) is 0 Å². The summed E-state index contributed by atoms with van der Waals surface area (Å²) in [6, 6.07) is 15.1. The van der Waals surface area contributed by atoms with Gasteiger partial charge >= 0.3 is 0 Å². The van der Waals surface area contributed by atoms with E-state index in [1.54, 1.807) is 42.5 Å². The molecule has 0 radical (unpaired) electrons. The molecule has 3 aromatic carbocycles. The second-order valence-electron chi connectivity index (χ2n) is 7.87. The molecule has 0 spiro atoms. The summed E-state index contributed by atoms with van der Waals surface area (Å²) in [4.78, 5) is 0.171. The summed E-state index contributed by atoms with van der Waals surface area (Å²) in [6.45, 7) is 1.89. The molecule has 0 N–H and O–H groups in total. The molecule has 0 saturated carbocycles. The predicted octanol–water partition coefficient (Wildman–Crippen LogP) is 6.07.